The van der Waals surface area contributed by atoms with Gasteiger partial charge in [0.25, 0.3) is 0 Å². The first-order valence-electron chi connectivity index (χ1n) is 7.34. The Morgan fingerprint density at radius 2 is 1.73 bits per heavy atom. The van der Waals surface area contributed by atoms with Crippen molar-refractivity contribution in [3.63, 3.8) is 0 Å². The number of ether oxygens (including phenoxy) is 1. The third-order valence-electron chi connectivity index (χ3n) is 3.80. The van der Waals surface area contributed by atoms with Gasteiger partial charge >= 0.3 is 0 Å². The van der Waals surface area contributed by atoms with Gasteiger partial charge in [0, 0.05) is 5.92 Å². The highest BCUT2D eigenvalue weighted by Crippen LogP contribution is 2.31. The number of carbonyl (C=O) groups excluding carboxylic acids is 1. The maximum absolute atomic E-state index is 11.8. The van der Waals surface area contributed by atoms with E-state index in [-0.39, 0.29) is 24.4 Å². The van der Waals surface area contributed by atoms with Crippen LogP contribution in [0.25, 0.3) is 0 Å². The summed E-state index contributed by atoms with van der Waals surface area (Å²) in [4.78, 5) is 11.8. The Morgan fingerprint density at radius 3 is 2.27 bits per heavy atom. The van der Waals surface area contributed by atoms with E-state index in [1.165, 1.54) is 0 Å². The Morgan fingerprint density at radius 1 is 1.09 bits per heavy atom. The molecule has 22 heavy (non-hydrogen) atoms. The van der Waals surface area contributed by atoms with E-state index >= 15 is 0 Å². The smallest absolute Gasteiger partial charge is 0.234 e. The number of hydrogen-bond donors (Lipinski definition) is 2. The fourth-order valence-corrected chi connectivity index (χ4v) is 2.49. The number of methoxy groups -OCH3 is 1. The van der Waals surface area contributed by atoms with Crippen molar-refractivity contribution < 1.29 is 9.53 Å². The summed E-state index contributed by atoms with van der Waals surface area (Å²) in [6.45, 7) is 2.08. The van der Waals surface area contributed by atoms with Crippen LogP contribution in [0.15, 0.2) is 54.6 Å². The molecule has 0 saturated heterocycles. The molecule has 116 valence electrons. The van der Waals surface area contributed by atoms with Crippen molar-refractivity contribution in [2.75, 3.05) is 13.7 Å². The number of benzene rings is 2. The average Bonchev–Trinajstić information content (AvgIpc) is 2.59. The van der Waals surface area contributed by atoms with Crippen LogP contribution in [0.3, 0.4) is 0 Å². The van der Waals surface area contributed by atoms with Gasteiger partial charge in [-0.1, -0.05) is 49.4 Å². The Kier molecular flexibility index (Phi) is 5.55. The van der Waals surface area contributed by atoms with Crippen LogP contribution >= 0.6 is 0 Å². The Balaban J connectivity index is 2.28. The summed E-state index contributed by atoms with van der Waals surface area (Å²) >= 11 is 0. The molecule has 4 nitrogen and oxygen atoms in total. The standard InChI is InChI=1S/C18H22N2O2/c1-13(14-8-10-16(22-2)11-9-14)18(20-17(21)12-19)15-6-4-3-5-7-15/h3-11,13,18H,12,19H2,1-2H3,(H,20,21). The maximum Gasteiger partial charge on any atom is 0.234 e. The molecule has 2 aromatic rings. The third kappa shape index (κ3) is 3.86. The van der Waals surface area contributed by atoms with Gasteiger partial charge in [-0.25, -0.2) is 0 Å². The quantitative estimate of drug-likeness (QED) is 0.861. The first kappa shape index (κ1) is 16.0. The second-order valence-electron chi connectivity index (χ2n) is 5.22. The normalized spacial score (nSPS) is 13.2. The topological polar surface area (TPSA) is 64.3 Å². The highest BCUT2D eigenvalue weighted by atomic mass is 16.5. The molecule has 3 N–H and O–H groups in total. The molecule has 0 aliphatic rings. The predicted octanol–water partition coefficient (Wildman–Crippen LogP) is 2.61. The van der Waals surface area contributed by atoms with Crippen molar-refractivity contribution in [3.8, 4) is 5.75 Å². The van der Waals surface area contributed by atoms with E-state index in [4.69, 9.17) is 10.5 Å². The molecule has 0 radical (unpaired) electrons. The fraction of sp³-hybridized carbons (Fsp3) is 0.278. The van der Waals surface area contributed by atoms with Gasteiger partial charge in [0.1, 0.15) is 5.75 Å². The largest absolute Gasteiger partial charge is 0.497 e. The molecule has 0 aliphatic heterocycles. The van der Waals surface area contributed by atoms with Crippen molar-refractivity contribution in [2.45, 2.75) is 18.9 Å². The lowest BCUT2D eigenvalue weighted by Crippen LogP contribution is -2.36. The zero-order chi connectivity index (χ0) is 15.9. The van der Waals surface area contributed by atoms with Gasteiger partial charge in [-0.2, -0.15) is 0 Å². The van der Waals surface area contributed by atoms with Crippen LogP contribution in [-0.4, -0.2) is 19.6 Å². The van der Waals surface area contributed by atoms with Crippen LogP contribution < -0.4 is 15.8 Å². The Bertz CT molecular complexity index is 596. The van der Waals surface area contributed by atoms with E-state index in [1.54, 1.807) is 7.11 Å². The third-order valence-corrected chi connectivity index (χ3v) is 3.80. The van der Waals surface area contributed by atoms with Crippen molar-refractivity contribution in [1.82, 2.24) is 5.32 Å². The van der Waals surface area contributed by atoms with Gasteiger partial charge in [0.2, 0.25) is 5.91 Å². The van der Waals surface area contributed by atoms with Crippen LogP contribution in [0, 0.1) is 0 Å². The van der Waals surface area contributed by atoms with E-state index in [9.17, 15) is 4.79 Å². The van der Waals surface area contributed by atoms with Crippen molar-refractivity contribution in [1.29, 1.82) is 0 Å². The second-order valence-corrected chi connectivity index (χ2v) is 5.22. The average molecular weight is 298 g/mol. The first-order chi connectivity index (χ1) is 10.7. The Hall–Kier alpha value is -2.33. The predicted molar refractivity (Wildman–Crippen MR) is 87.8 cm³/mol. The summed E-state index contributed by atoms with van der Waals surface area (Å²) in [5, 5.41) is 3.01. The zero-order valence-electron chi connectivity index (χ0n) is 13.0. The summed E-state index contributed by atoms with van der Waals surface area (Å²) in [6, 6.07) is 17.7. The summed E-state index contributed by atoms with van der Waals surface area (Å²) < 4.78 is 5.19. The Labute approximate surface area is 131 Å². The molecule has 4 heteroatoms. The van der Waals surface area contributed by atoms with E-state index in [0.29, 0.717) is 0 Å². The van der Waals surface area contributed by atoms with Crippen LogP contribution in [-0.2, 0) is 4.79 Å². The molecule has 2 rings (SSSR count). The van der Waals surface area contributed by atoms with Gasteiger partial charge in [-0.05, 0) is 23.3 Å². The van der Waals surface area contributed by atoms with Gasteiger partial charge in [-0.15, -0.1) is 0 Å². The number of nitrogens with two attached hydrogens (primary N) is 1. The summed E-state index contributed by atoms with van der Waals surface area (Å²) in [7, 11) is 1.65. The second kappa shape index (κ2) is 7.61. The minimum atomic E-state index is -0.158. The molecular weight excluding hydrogens is 276 g/mol. The van der Waals surface area contributed by atoms with E-state index in [0.717, 1.165) is 16.9 Å². The fourth-order valence-electron chi connectivity index (χ4n) is 2.49. The maximum atomic E-state index is 11.8. The van der Waals surface area contributed by atoms with Gasteiger partial charge in [0.15, 0.2) is 0 Å². The summed E-state index contributed by atoms with van der Waals surface area (Å²) in [5.74, 6) is 0.774. The summed E-state index contributed by atoms with van der Waals surface area (Å²) in [6.07, 6.45) is 0. The number of amides is 1. The molecule has 0 fully saturated rings. The van der Waals surface area contributed by atoms with Crippen LogP contribution in [0.1, 0.15) is 30.0 Å². The van der Waals surface area contributed by atoms with E-state index in [2.05, 4.69) is 12.2 Å². The molecule has 0 saturated carbocycles. The van der Waals surface area contributed by atoms with Gasteiger partial charge in [0.05, 0.1) is 19.7 Å². The highest BCUT2D eigenvalue weighted by molar-refractivity contribution is 5.78. The van der Waals surface area contributed by atoms with Crippen molar-refractivity contribution >= 4 is 5.91 Å². The lowest BCUT2D eigenvalue weighted by atomic mass is 9.88. The summed E-state index contributed by atoms with van der Waals surface area (Å²) in [5.41, 5.74) is 7.64. The van der Waals surface area contributed by atoms with Gasteiger partial charge in [-0.3, -0.25) is 4.79 Å². The van der Waals surface area contributed by atoms with Crippen LogP contribution in [0.5, 0.6) is 5.75 Å². The zero-order valence-corrected chi connectivity index (χ0v) is 13.0. The molecule has 0 bridgehead atoms. The number of carbonyl (C=O) groups is 1. The molecular formula is C18H22N2O2. The molecule has 0 aromatic heterocycles. The molecule has 1 amide bonds. The lowest BCUT2D eigenvalue weighted by Gasteiger charge is -2.26. The van der Waals surface area contributed by atoms with Gasteiger partial charge < -0.3 is 15.8 Å². The molecule has 2 atom stereocenters. The van der Waals surface area contributed by atoms with Crippen LogP contribution in [0.4, 0.5) is 0 Å². The highest BCUT2D eigenvalue weighted by Gasteiger charge is 2.22. The molecule has 0 aliphatic carbocycles. The molecule has 2 unspecified atom stereocenters. The minimum Gasteiger partial charge on any atom is -0.497 e. The van der Waals surface area contributed by atoms with Crippen molar-refractivity contribution in [2.24, 2.45) is 5.73 Å². The monoisotopic (exact) mass is 298 g/mol. The number of hydrogen-bond acceptors (Lipinski definition) is 3. The number of nitrogens with one attached hydrogen (secondary N) is 1. The first-order valence-corrected chi connectivity index (χ1v) is 7.34. The minimum absolute atomic E-state index is 0.0152. The molecule has 0 spiro atoms. The number of rotatable bonds is 6. The van der Waals surface area contributed by atoms with E-state index < -0.39 is 0 Å². The molecule has 0 heterocycles. The van der Waals surface area contributed by atoms with E-state index in [1.807, 2.05) is 54.6 Å². The lowest BCUT2D eigenvalue weighted by molar-refractivity contribution is -0.120. The van der Waals surface area contributed by atoms with Crippen molar-refractivity contribution in [3.05, 3.63) is 65.7 Å². The molecule has 2 aromatic carbocycles. The van der Waals surface area contributed by atoms with Crippen LogP contribution in [0.2, 0.25) is 0 Å². The SMILES string of the molecule is COc1ccc(C(C)C(NC(=O)CN)c2ccccc2)cc1.